The molecule has 0 atom stereocenters. The summed E-state index contributed by atoms with van der Waals surface area (Å²) in [5, 5.41) is -3.75. The lowest BCUT2D eigenvalue weighted by Gasteiger charge is -2.20. The van der Waals surface area contributed by atoms with Gasteiger partial charge in [-0.25, -0.2) is 43.9 Å². The van der Waals surface area contributed by atoms with Gasteiger partial charge in [-0.05, 0) is 23.6 Å². The highest BCUT2D eigenvalue weighted by atomic mass is 19.2. The first-order valence-electron chi connectivity index (χ1n) is 10.6. The number of fused-ring (bicyclic) bond motifs is 2. The summed E-state index contributed by atoms with van der Waals surface area (Å²) < 4.78 is 153. The van der Waals surface area contributed by atoms with Crippen molar-refractivity contribution in [1.29, 1.82) is 0 Å². The van der Waals surface area contributed by atoms with Gasteiger partial charge in [0.1, 0.15) is 34.8 Å². The molecule has 194 valence electrons. The fraction of sp³-hybridized carbons (Fsp3) is 0.0370. The molecule has 0 aromatic heterocycles. The number of hydrogen-bond acceptors (Lipinski definition) is 1. The molecule has 1 nitrogen and oxygen atoms in total. The molecule has 0 amide bonds. The lowest BCUT2D eigenvalue weighted by atomic mass is 9.84. The molecule has 5 aromatic carbocycles. The third-order valence-corrected chi connectivity index (χ3v) is 6.10. The molecular formula is C27H10F10O. The number of halogens is 10. The zero-order valence-electron chi connectivity index (χ0n) is 18.7. The highest BCUT2D eigenvalue weighted by molar-refractivity contribution is 6.22. The van der Waals surface area contributed by atoms with Crippen LogP contribution in [0.5, 0.6) is 5.75 Å². The fourth-order valence-electron chi connectivity index (χ4n) is 4.53. The van der Waals surface area contributed by atoms with Crippen LogP contribution in [0.4, 0.5) is 43.9 Å². The third-order valence-electron chi connectivity index (χ3n) is 6.10. The van der Waals surface area contributed by atoms with Crippen LogP contribution in [0.3, 0.4) is 0 Å². The molecular weight excluding hydrogens is 530 g/mol. The number of rotatable bonds is 3. The van der Waals surface area contributed by atoms with Crippen LogP contribution in [0.2, 0.25) is 0 Å². The summed E-state index contributed by atoms with van der Waals surface area (Å²) in [5.74, 6) is -19.6. The number of benzene rings is 5. The van der Waals surface area contributed by atoms with E-state index in [1.165, 1.54) is 0 Å². The van der Waals surface area contributed by atoms with E-state index in [0.717, 1.165) is 19.2 Å². The molecule has 0 aliphatic heterocycles. The maximum Gasteiger partial charge on any atom is 0.200 e. The van der Waals surface area contributed by atoms with Gasteiger partial charge in [0.05, 0.1) is 18.2 Å². The van der Waals surface area contributed by atoms with E-state index in [9.17, 15) is 22.0 Å². The molecule has 0 bridgehead atoms. The van der Waals surface area contributed by atoms with Crippen LogP contribution in [0.1, 0.15) is 0 Å². The third kappa shape index (κ3) is 3.48. The molecule has 5 aromatic rings. The summed E-state index contributed by atoms with van der Waals surface area (Å²) in [6.45, 7) is 0. The predicted octanol–water partition coefficient (Wildman–Crippen LogP) is 8.73. The highest BCUT2D eigenvalue weighted by Crippen LogP contribution is 2.49. The standard InChI is InChI=1S/C27H10F10O/c1-38-9-7-14(31)18(15(32)8-9)17-10-3-2-4-11(28)16(10)21(20-13(30)6-5-12(29)19(17)20)22-23(33)25(35)27(37)26(36)24(22)34/h2-8H,1H3. The Morgan fingerprint density at radius 1 is 0.447 bits per heavy atom. The van der Waals surface area contributed by atoms with Crippen LogP contribution < -0.4 is 4.74 Å². The molecule has 38 heavy (non-hydrogen) atoms. The zero-order chi connectivity index (χ0) is 27.6. The Bertz CT molecular complexity index is 1760. The first-order chi connectivity index (χ1) is 18.0. The summed E-state index contributed by atoms with van der Waals surface area (Å²) in [4.78, 5) is 0. The highest BCUT2D eigenvalue weighted by Gasteiger charge is 2.33. The van der Waals surface area contributed by atoms with Gasteiger partial charge >= 0.3 is 0 Å². The molecule has 0 heterocycles. The second kappa shape index (κ2) is 8.93. The average molecular weight is 540 g/mol. The van der Waals surface area contributed by atoms with E-state index in [2.05, 4.69) is 0 Å². The first-order valence-corrected chi connectivity index (χ1v) is 10.6. The predicted molar refractivity (Wildman–Crippen MR) is 118 cm³/mol. The minimum absolute atomic E-state index is 0.298. The second-order valence-electron chi connectivity index (χ2n) is 8.10. The molecule has 0 aliphatic carbocycles. The van der Waals surface area contributed by atoms with Crippen molar-refractivity contribution in [3.8, 4) is 28.0 Å². The second-order valence-corrected chi connectivity index (χ2v) is 8.10. The van der Waals surface area contributed by atoms with E-state index >= 15 is 22.0 Å². The normalized spacial score (nSPS) is 11.6. The van der Waals surface area contributed by atoms with Crippen LogP contribution in [-0.4, -0.2) is 7.11 Å². The van der Waals surface area contributed by atoms with Crippen molar-refractivity contribution in [3.63, 3.8) is 0 Å². The van der Waals surface area contributed by atoms with E-state index in [1.54, 1.807) is 0 Å². The molecule has 0 radical (unpaired) electrons. The van der Waals surface area contributed by atoms with E-state index in [4.69, 9.17) is 4.74 Å². The van der Waals surface area contributed by atoms with Crippen molar-refractivity contribution in [3.05, 3.63) is 101 Å². The van der Waals surface area contributed by atoms with Gasteiger partial charge in [0.2, 0.25) is 5.82 Å². The molecule has 0 spiro atoms. The summed E-state index contributed by atoms with van der Waals surface area (Å²) in [7, 11) is 1.10. The summed E-state index contributed by atoms with van der Waals surface area (Å²) >= 11 is 0. The monoisotopic (exact) mass is 540 g/mol. The Morgan fingerprint density at radius 3 is 1.45 bits per heavy atom. The molecule has 11 heteroatoms. The largest absolute Gasteiger partial charge is 0.497 e. The van der Waals surface area contributed by atoms with Gasteiger partial charge in [-0.3, -0.25) is 0 Å². The van der Waals surface area contributed by atoms with Crippen LogP contribution in [0, 0.1) is 58.2 Å². The lowest BCUT2D eigenvalue weighted by molar-refractivity contribution is 0.381. The van der Waals surface area contributed by atoms with Crippen LogP contribution in [0.25, 0.3) is 43.8 Å². The van der Waals surface area contributed by atoms with Gasteiger partial charge in [-0.2, -0.15) is 0 Å². The molecule has 0 aliphatic rings. The van der Waals surface area contributed by atoms with Crippen molar-refractivity contribution >= 4 is 21.5 Å². The summed E-state index contributed by atoms with van der Waals surface area (Å²) in [6.07, 6.45) is 0. The van der Waals surface area contributed by atoms with Crippen molar-refractivity contribution in [2.75, 3.05) is 7.11 Å². The molecule has 0 fully saturated rings. The van der Waals surface area contributed by atoms with E-state index < -0.39 is 102 Å². The molecule has 0 saturated carbocycles. The van der Waals surface area contributed by atoms with Gasteiger partial charge in [-0.1, -0.05) is 12.1 Å². The first kappa shape index (κ1) is 25.4. The average Bonchev–Trinajstić information content (AvgIpc) is 2.88. The summed E-state index contributed by atoms with van der Waals surface area (Å²) in [5.41, 5.74) is -4.75. The van der Waals surface area contributed by atoms with E-state index in [0.29, 0.717) is 30.3 Å². The number of hydrogen-bond donors (Lipinski definition) is 0. The van der Waals surface area contributed by atoms with E-state index in [-0.39, 0.29) is 5.75 Å². The molecule has 5 rings (SSSR count). The van der Waals surface area contributed by atoms with Gasteiger partial charge in [0.25, 0.3) is 0 Å². The minimum atomic E-state index is -2.54. The van der Waals surface area contributed by atoms with Crippen molar-refractivity contribution < 1.29 is 48.6 Å². The quantitative estimate of drug-likeness (QED) is 0.0963. The molecule has 0 N–H and O–H groups in total. The van der Waals surface area contributed by atoms with Gasteiger partial charge in [0, 0.05) is 39.4 Å². The maximum absolute atomic E-state index is 15.3. The SMILES string of the molecule is COc1cc(F)c(-c2c3cccc(F)c3c(-c3c(F)c(F)c(F)c(F)c3F)c3c(F)ccc(F)c23)c(F)c1. The van der Waals surface area contributed by atoms with Crippen molar-refractivity contribution in [2.45, 2.75) is 0 Å². The number of ether oxygens (including phenoxy) is 1. The van der Waals surface area contributed by atoms with E-state index in [1.807, 2.05) is 0 Å². The summed E-state index contributed by atoms with van der Waals surface area (Å²) in [6, 6.07) is 5.03. The van der Waals surface area contributed by atoms with Crippen LogP contribution in [-0.2, 0) is 0 Å². The Balaban J connectivity index is 2.15. The minimum Gasteiger partial charge on any atom is -0.497 e. The smallest absolute Gasteiger partial charge is 0.200 e. The van der Waals surface area contributed by atoms with Crippen LogP contribution >= 0.6 is 0 Å². The zero-order valence-corrected chi connectivity index (χ0v) is 18.7. The van der Waals surface area contributed by atoms with Crippen molar-refractivity contribution in [1.82, 2.24) is 0 Å². The maximum atomic E-state index is 15.3. The fourth-order valence-corrected chi connectivity index (χ4v) is 4.53. The molecule has 0 unspecified atom stereocenters. The lowest BCUT2D eigenvalue weighted by Crippen LogP contribution is -2.07. The Kier molecular flexibility index (Phi) is 5.96. The number of methoxy groups -OCH3 is 1. The van der Waals surface area contributed by atoms with Crippen LogP contribution in [0.15, 0.2) is 42.5 Å². The Labute approximate surface area is 206 Å². The molecule has 0 saturated heterocycles. The van der Waals surface area contributed by atoms with Gasteiger partial charge < -0.3 is 4.74 Å². The van der Waals surface area contributed by atoms with Gasteiger partial charge in [0.15, 0.2) is 23.3 Å². The topological polar surface area (TPSA) is 9.23 Å². The van der Waals surface area contributed by atoms with Crippen molar-refractivity contribution in [2.24, 2.45) is 0 Å². The Hall–Kier alpha value is -4.28. The Morgan fingerprint density at radius 2 is 0.921 bits per heavy atom. The van der Waals surface area contributed by atoms with Gasteiger partial charge in [-0.15, -0.1) is 0 Å².